The summed E-state index contributed by atoms with van der Waals surface area (Å²) in [6.07, 6.45) is 9.46. The van der Waals surface area contributed by atoms with Crippen molar-refractivity contribution < 1.29 is 14.0 Å². The molecule has 0 unspecified atom stereocenters. The van der Waals surface area contributed by atoms with E-state index in [2.05, 4.69) is 15.9 Å². The molecule has 1 aromatic heterocycles. The third kappa shape index (κ3) is 4.97. The molecule has 0 atom stereocenters. The summed E-state index contributed by atoms with van der Waals surface area (Å²) in [7, 11) is 0. The van der Waals surface area contributed by atoms with Crippen LogP contribution in [-0.4, -0.2) is 47.8 Å². The van der Waals surface area contributed by atoms with Gasteiger partial charge in [-0.15, -0.1) is 0 Å². The summed E-state index contributed by atoms with van der Waals surface area (Å²) in [5, 5.41) is 0. The second-order valence-corrected chi connectivity index (χ2v) is 7.60. The molecule has 0 N–H and O–H groups in total. The van der Waals surface area contributed by atoms with Gasteiger partial charge in [0, 0.05) is 38.2 Å². The fraction of sp³-hybridized carbons (Fsp3) is 0.579. The van der Waals surface area contributed by atoms with E-state index in [1.807, 2.05) is 9.80 Å². The van der Waals surface area contributed by atoms with Gasteiger partial charge in [0.15, 0.2) is 4.67 Å². The van der Waals surface area contributed by atoms with Crippen LogP contribution in [0, 0.1) is 5.92 Å². The summed E-state index contributed by atoms with van der Waals surface area (Å²) in [4.78, 5) is 28.8. The lowest BCUT2D eigenvalue weighted by molar-refractivity contribution is -0.139. The van der Waals surface area contributed by atoms with Crippen molar-refractivity contribution in [2.45, 2.75) is 38.5 Å². The maximum absolute atomic E-state index is 12.7. The van der Waals surface area contributed by atoms with Crippen molar-refractivity contribution in [1.82, 2.24) is 9.80 Å². The lowest BCUT2D eigenvalue weighted by Gasteiger charge is -2.33. The Morgan fingerprint density at radius 3 is 2.28 bits per heavy atom. The van der Waals surface area contributed by atoms with E-state index in [0.717, 1.165) is 38.8 Å². The van der Waals surface area contributed by atoms with E-state index in [0.29, 0.717) is 29.4 Å². The molecule has 2 saturated heterocycles. The van der Waals surface area contributed by atoms with Gasteiger partial charge in [-0.05, 0) is 59.8 Å². The normalized spacial score (nSPS) is 20.0. The van der Waals surface area contributed by atoms with Crippen LogP contribution in [0.2, 0.25) is 0 Å². The fourth-order valence-electron chi connectivity index (χ4n) is 3.57. The van der Waals surface area contributed by atoms with Crippen LogP contribution in [0.1, 0.15) is 44.3 Å². The molecule has 0 aliphatic carbocycles. The number of amides is 2. The largest absolute Gasteiger partial charge is 0.450 e. The zero-order valence-electron chi connectivity index (χ0n) is 14.5. The summed E-state index contributed by atoms with van der Waals surface area (Å²) in [6, 6.07) is 3.60. The molecule has 2 fully saturated rings. The number of nitrogens with zero attached hydrogens (tertiary/aromatic N) is 2. The van der Waals surface area contributed by atoms with E-state index in [4.69, 9.17) is 4.42 Å². The number of hydrogen-bond donors (Lipinski definition) is 0. The van der Waals surface area contributed by atoms with Gasteiger partial charge in [0.05, 0.1) is 0 Å². The zero-order chi connectivity index (χ0) is 17.6. The molecule has 5 nitrogen and oxygen atoms in total. The van der Waals surface area contributed by atoms with E-state index >= 15 is 0 Å². The Bertz CT molecular complexity index is 624. The predicted molar refractivity (Wildman–Crippen MR) is 99.8 cm³/mol. The summed E-state index contributed by atoms with van der Waals surface area (Å²) in [6.45, 7) is 3.10. The molecule has 0 aromatic carbocycles. The maximum Gasteiger partial charge on any atom is 0.246 e. The van der Waals surface area contributed by atoms with E-state index in [9.17, 15) is 9.59 Å². The fourth-order valence-corrected chi connectivity index (χ4v) is 3.89. The predicted octanol–water partition coefficient (Wildman–Crippen LogP) is 3.70. The minimum atomic E-state index is -0.0202. The van der Waals surface area contributed by atoms with Crippen molar-refractivity contribution in [2.75, 3.05) is 26.2 Å². The van der Waals surface area contributed by atoms with Crippen LogP contribution >= 0.6 is 15.9 Å². The molecular weight excluding hydrogens is 384 g/mol. The topological polar surface area (TPSA) is 53.8 Å². The van der Waals surface area contributed by atoms with Crippen LogP contribution in [-0.2, 0) is 9.59 Å². The lowest BCUT2D eigenvalue weighted by atomic mass is 9.95. The molecule has 3 rings (SSSR count). The molecule has 0 spiro atoms. The minimum Gasteiger partial charge on any atom is -0.450 e. The highest BCUT2D eigenvalue weighted by Crippen LogP contribution is 2.22. The molecular formula is C19H25BrN2O3. The van der Waals surface area contributed by atoms with E-state index < -0.39 is 0 Å². The Hall–Kier alpha value is -1.56. The van der Waals surface area contributed by atoms with Crippen LogP contribution in [0.15, 0.2) is 27.3 Å². The molecule has 2 aliphatic heterocycles. The zero-order valence-corrected chi connectivity index (χ0v) is 16.0. The van der Waals surface area contributed by atoms with Gasteiger partial charge < -0.3 is 14.2 Å². The molecule has 2 aliphatic rings. The van der Waals surface area contributed by atoms with Gasteiger partial charge in [-0.1, -0.05) is 12.8 Å². The van der Waals surface area contributed by atoms with Crippen molar-refractivity contribution in [3.63, 3.8) is 0 Å². The highest BCUT2D eigenvalue weighted by atomic mass is 79.9. The van der Waals surface area contributed by atoms with Crippen LogP contribution in [0.25, 0.3) is 6.08 Å². The van der Waals surface area contributed by atoms with Gasteiger partial charge in [0.2, 0.25) is 11.8 Å². The molecule has 2 amide bonds. The molecule has 0 radical (unpaired) electrons. The number of halogens is 1. The Kier molecular flexibility index (Phi) is 6.34. The SMILES string of the molecule is O=C(C=Cc1ccc(Br)o1)N1CCC(C(=O)N2CCCCCC2)CC1. The monoisotopic (exact) mass is 408 g/mol. The van der Waals surface area contributed by atoms with E-state index in [1.165, 1.54) is 12.8 Å². The quantitative estimate of drug-likeness (QED) is 0.716. The van der Waals surface area contributed by atoms with E-state index in [1.54, 1.807) is 24.3 Å². The Morgan fingerprint density at radius 2 is 1.68 bits per heavy atom. The average molecular weight is 409 g/mol. The first kappa shape index (κ1) is 18.2. The van der Waals surface area contributed by atoms with Gasteiger partial charge in [0.25, 0.3) is 0 Å². The van der Waals surface area contributed by atoms with Gasteiger partial charge in [0.1, 0.15) is 5.76 Å². The molecule has 1 aromatic rings. The van der Waals surface area contributed by atoms with Crippen LogP contribution < -0.4 is 0 Å². The number of furan rings is 1. The smallest absolute Gasteiger partial charge is 0.246 e. The summed E-state index contributed by atoms with van der Waals surface area (Å²) in [5.41, 5.74) is 0. The highest BCUT2D eigenvalue weighted by molar-refractivity contribution is 9.10. The van der Waals surface area contributed by atoms with Crippen LogP contribution in [0.4, 0.5) is 0 Å². The molecule has 6 heteroatoms. The van der Waals surface area contributed by atoms with Gasteiger partial charge in [-0.2, -0.15) is 0 Å². The Balaban J connectivity index is 1.48. The minimum absolute atomic E-state index is 0.0202. The van der Waals surface area contributed by atoms with Crippen molar-refractivity contribution in [1.29, 1.82) is 0 Å². The standard InChI is InChI=1S/C19H25BrN2O3/c20-17-7-5-16(25-17)6-8-18(23)21-13-9-15(10-14-21)19(24)22-11-3-1-2-4-12-22/h5-8,15H,1-4,9-14H2. The third-order valence-corrected chi connectivity index (χ3v) is 5.48. The summed E-state index contributed by atoms with van der Waals surface area (Å²) >= 11 is 3.24. The first-order valence-corrected chi connectivity index (χ1v) is 9.94. The first-order chi connectivity index (χ1) is 12.1. The van der Waals surface area contributed by atoms with Crippen LogP contribution in [0.3, 0.4) is 0 Å². The number of likely N-dealkylation sites (tertiary alicyclic amines) is 2. The third-order valence-electron chi connectivity index (χ3n) is 5.06. The Labute approximate surface area is 157 Å². The van der Waals surface area contributed by atoms with Gasteiger partial charge in [-0.3, -0.25) is 9.59 Å². The number of hydrogen-bond acceptors (Lipinski definition) is 3. The summed E-state index contributed by atoms with van der Waals surface area (Å²) < 4.78 is 6.00. The number of carbonyl (C=O) groups excluding carboxylic acids is 2. The van der Waals surface area contributed by atoms with Crippen LogP contribution in [0.5, 0.6) is 0 Å². The number of piperidine rings is 1. The van der Waals surface area contributed by atoms with Gasteiger partial charge in [-0.25, -0.2) is 0 Å². The van der Waals surface area contributed by atoms with Crippen molar-refractivity contribution >= 4 is 33.8 Å². The molecule has 3 heterocycles. The number of rotatable bonds is 3. The molecule has 0 bridgehead atoms. The highest BCUT2D eigenvalue weighted by Gasteiger charge is 2.29. The number of carbonyl (C=O) groups is 2. The van der Waals surface area contributed by atoms with E-state index in [-0.39, 0.29) is 11.8 Å². The molecule has 0 saturated carbocycles. The second kappa shape index (κ2) is 8.70. The second-order valence-electron chi connectivity index (χ2n) is 6.81. The van der Waals surface area contributed by atoms with Crippen molar-refractivity contribution in [3.8, 4) is 0 Å². The van der Waals surface area contributed by atoms with Crippen molar-refractivity contribution in [2.24, 2.45) is 5.92 Å². The first-order valence-electron chi connectivity index (χ1n) is 9.14. The lowest BCUT2D eigenvalue weighted by Crippen LogP contribution is -2.44. The molecule has 136 valence electrons. The van der Waals surface area contributed by atoms with Gasteiger partial charge >= 0.3 is 0 Å². The van der Waals surface area contributed by atoms with Crippen molar-refractivity contribution in [3.05, 3.63) is 28.6 Å². The average Bonchev–Trinajstić information content (AvgIpc) is 2.87. The Morgan fingerprint density at radius 1 is 1.00 bits per heavy atom. The summed E-state index contributed by atoms with van der Waals surface area (Å²) in [5.74, 6) is 0.997. The molecule has 25 heavy (non-hydrogen) atoms. The maximum atomic E-state index is 12.7.